The Kier molecular flexibility index (Phi) is 34.9. The number of amides is 11. The third-order valence-corrected chi connectivity index (χ3v) is 16.1. The molecule has 23 nitrogen and oxygen atoms in total. The van der Waals surface area contributed by atoms with E-state index < -0.39 is 143 Å². The van der Waals surface area contributed by atoms with Gasteiger partial charge >= 0.3 is 0 Å². The summed E-state index contributed by atoms with van der Waals surface area (Å²) < 4.78 is 0. The van der Waals surface area contributed by atoms with Gasteiger partial charge in [0.15, 0.2) is 0 Å². The Hall–Kier alpha value is -6.13. The largest absolute Gasteiger partial charge is 0.390 e. The Balaban J connectivity index is 6.90. The highest BCUT2D eigenvalue weighted by Crippen LogP contribution is 2.24. The van der Waals surface area contributed by atoms with Crippen molar-refractivity contribution in [2.75, 3.05) is 55.4 Å². The molecule has 0 aromatic rings. The van der Waals surface area contributed by atoms with Crippen LogP contribution in [0.4, 0.5) is 0 Å². The summed E-state index contributed by atoms with van der Waals surface area (Å²) in [5.74, 6) is -7.80. The standard InChI is InChI=1S/C63H115N11O12/c1-26-29-30-42(16)53(76)52(73(25)63(86)51(41(14)15)72(24)61(84)48(34-38(8)9)69(21)35-75)57(80)66-46(27-2)60(83)70(22)45(19)59(82)74(28-3)50(40(12)13)56(79)67-49(39(10)11)62(85)71(23)47(33-37(6)7)55(78)64-43(17)54(77)65-44(18)58(81)68(20)32-31-36(4)5/h26,29,35-53,76H,27-28,30-34H2,1-25H3,(H,64,78)(H,65,77)(H,66,80)(H,67,79)/b29-26+. The first-order valence-electron chi connectivity index (χ1n) is 31.0. The fourth-order valence-electron chi connectivity index (χ4n) is 10.4. The summed E-state index contributed by atoms with van der Waals surface area (Å²) in [6.07, 6.45) is 4.37. The number of aliphatic hydroxyl groups is 1. The maximum Gasteiger partial charge on any atom is 0.246 e. The number of rotatable bonds is 37. The van der Waals surface area contributed by atoms with E-state index in [1.165, 1.54) is 68.7 Å². The number of nitrogens with one attached hydrogen (secondary N) is 4. The molecule has 5 N–H and O–H groups in total. The Labute approximate surface area is 516 Å². The molecule has 0 saturated carbocycles. The molecule has 23 heteroatoms. The molecule has 12 atom stereocenters. The molecule has 0 aliphatic heterocycles. The van der Waals surface area contributed by atoms with Gasteiger partial charge in [-0.3, -0.25) is 52.7 Å². The minimum atomic E-state index is -1.56. The van der Waals surface area contributed by atoms with Crippen molar-refractivity contribution in [1.29, 1.82) is 0 Å². The topological polar surface area (TPSA) is 279 Å². The molecule has 0 spiro atoms. The van der Waals surface area contributed by atoms with Crippen molar-refractivity contribution in [3.8, 4) is 0 Å². The Morgan fingerprint density at radius 2 is 0.988 bits per heavy atom. The van der Waals surface area contributed by atoms with Crippen LogP contribution in [0.5, 0.6) is 0 Å². The van der Waals surface area contributed by atoms with Crippen LogP contribution in [0, 0.1) is 41.4 Å². The summed E-state index contributed by atoms with van der Waals surface area (Å²) in [6.45, 7) is 34.0. The van der Waals surface area contributed by atoms with Gasteiger partial charge in [-0.1, -0.05) is 109 Å². The number of carbonyl (C=O) groups excluding carboxylic acids is 11. The van der Waals surface area contributed by atoms with Gasteiger partial charge in [0, 0.05) is 55.4 Å². The van der Waals surface area contributed by atoms with Gasteiger partial charge in [-0.2, -0.15) is 0 Å². The van der Waals surface area contributed by atoms with Gasteiger partial charge in [0.2, 0.25) is 65.5 Å². The predicted molar refractivity (Wildman–Crippen MR) is 335 cm³/mol. The van der Waals surface area contributed by atoms with Gasteiger partial charge in [-0.15, -0.1) is 0 Å². The van der Waals surface area contributed by atoms with Crippen molar-refractivity contribution in [3.63, 3.8) is 0 Å². The summed E-state index contributed by atoms with van der Waals surface area (Å²) in [6, 6.07) is -11.4. The normalized spacial score (nSPS) is 16.0. The summed E-state index contributed by atoms with van der Waals surface area (Å²) in [4.78, 5) is 163. The molecule has 0 saturated heterocycles. The predicted octanol–water partition coefficient (Wildman–Crippen LogP) is 3.91. The fraction of sp³-hybridized carbons (Fsp3) is 0.794. The number of hydrogen-bond acceptors (Lipinski definition) is 12. The molecular weight excluding hydrogens is 1100 g/mol. The first-order valence-corrected chi connectivity index (χ1v) is 31.0. The molecule has 86 heavy (non-hydrogen) atoms. The average Bonchev–Trinajstić information content (AvgIpc) is 3.41. The molecule has 11 amide bonds. The van der Waals surface area contributed by atoms with Crippen molar-refractivity contribution in [2.45, 2.75) is 230 Å². The molecule has 0 aromatic heterocycles. The summed E-state index contributed by atoms with van der Waals surface area (Å²) in [7, 11) is 8.84. The van der Waals surface area contributed by atoms with Gasteiger partial charge < -0.3 is 60.7 Å². The van der Waals surface area contributed by atoms with Crippen molar-refractivity contribution < 1.29 is 57.8 Å². The maximum atomic E-state index is 14.7. The molecule has 0 rings (SSSR count). The van der Waals surface area contributed by atoms with E-state index in [1.54, 1.807) is 94.2 Å². The van der Waals surface area contributed by atoms with E-state index in [0.29, 0.717) is 31.7 Å². The second kappa shape index (κ2) is 37.5. The lowest BCUT2D eigenvalue weighted by Crippen LogP contribution is -2.63. The number of nitrogens with zero attached hydrogens (tertiary/aromatic N) is 7. The SMILES string of the molecule is C/C=C/CC(C)C(O)C(C(=O)NC(CC)C(=O)N(C)C(C)C(=O)N(CC)C(C(=O)NC(C(=O)N(C)C(CC(C)C)C(=O)NC(C)C(=O)NC(C)C(=O)N(C)CCC(C)C)C(C)C)C(C)C)N(C)C(=O)C(C(C)C)N(C)C(=O)C(CC(C)C)N(C)C=O. The summed E-state index contributed by atoms with van der Waals surface area (Å²) in [5, 5.41) is 23.0. The molecule has 0 fully saturated rings. The summed E-state index contributed by atoms with van der Waals surface area (Å²) in [5.41, 5.74) is 0. The van der Waals surface area contributed by atoms with E-state index in [1.807, 2.05) is 33.8 Å². The van der Waals surface area contributed by atoms with Crippen LogP contribution in [-0.2, 0) is 52.7 Å². The van der Waals surface area contributed by atoms with Crippen LogP contribution < -0.4 is 21.3 Å². The van der Waals surface area contributed by atoms with Crippen LogP contribution in [0.15, 0.2) is 12.2 Å². The van der Waals surface area contributed by atoms with Crippen LogP contribution >= 0.6 is 0 Å². The molecule has 0 aliphatic rings. The van der Waals surface area contributed by atoms with Crippen molar-refractivity contribution >= 4 is 65.5 Å². The van der Waals surface area contributed by atoms with E-state index >= 15 is 0 Å². The third kappa shape index (κ3) is 23.2. The second-order valence-corrected chi connectivity index (χ2v) is 25.9. The molecule has 0 heterocycles. The minimum absolute atomic E-state index is 0.00936. The first kappa shape index (κ1) is 79.9. The number of carbonyl (C=O) groups is 11. The van der Waals surface area contributed by atoms with Crippen LogP contribution in [-0.4, -0.2) is 227 Å². The maximum absolute atomic E-state index is 14.7. The number of aliphatic hydroxyl groups excluding tert-OH is 1. The highest BCUT2D eigenvalue weighted by atomic mass is 16.3. The van der Waals surface area contributed by atoms with E-state index in [4.69, 9.17) is 0 Å². The van der Waals surface area contributed by atoms with Crippen LogP contribution in [0.1, 0.15) is 164 Å². The second-order valence-electron chi connectivity index (χ2n) is 25.9. The van der Waals surface area contributed by atoms with Gasteiger partial charge in [-0.25, -0.2) is 0 Å². The zero-order chi connectivity index (χ0) is 67.1. The van der Waals surface area contributed by atoms with Crippen LogP contribution in [0.2, 0.25) is 0 Å². The molecule has 0 aliphatic carbocycles. The Bertz CT molecular complexity index is 2280. The number of likely N-dealkylation sites (N-methyl/N-ethyl adjacent to an activating group) is 7. The lowest BCUT2D eigenvalue weighted by molar-refractivity contribution is -0.155. The quantitative estimate of drug-likeness (QED) is 0.0438. The van der Waals surface area contributed by atoms with Crippen LogP contribution in [0.25, 0.3) is 0 Å². The lowest BCUT2D eigenvalue weighted by Gasteiger charge is -2.40. The lowest BCUT2D eigenvalue weighted by atomic mass is 9.91. The zero-order valence-corrected chi connectivity index (χ0v) is 57.1. The van der Waals surface area contributed by atoms with Gasteiger partial charge in [0.25, 0.3) is 0 Å². The van der Waals surface area contributed by atoms with Gasteiger partial charge in [0.1, 0.15) is 60.4 Å². The molecule has 12 unspecified atom stereocenters. The molecule has 0 radical (unpaired) electrons. The molecule has 494 valence electrons. The highest BCUT2D eigenvalue weighted by Gasteiger charge is 2.45. The van der Waals surface area contributed by atoms with Crippen molar-refractivity contribution in [2.24, 2.45) is 41.4 Å². The third-order valence-electron chi connectivity index (χ3n) is 16.1. The first-order chi connectivity index (χ1) is 39.7. The van der Waals surface area contributed by atoms with E-state index in [2.05, 4.69) is 35.1 Å². The minimum Gasteiger partial charge on any atom is -0.390 e. The van der Waals surface area contributed by atoms with Crippen LogP contribution in [0.3, 0.4) is 0 Å². The van der Waals surface area contributed by atoms with Crippen molar-refractivity contribution in [1.82, 2.24) is 55.6 Å². The Morgan fingerprint density at radius 1 is 0.488 bits per heavy atom. The number of allylic oxidation sites excluding steroid dienone is 2. The number of hydrogen-bond donors (Lipinski definition) is 5. The Morgan fingerprint density at radius 3 is 1.44 bits per heavy atom. The average molecular weight is 1220 g/mol. The molecular formula is C63H115N11O12. The molecule has 0 bridgehead atoms. The highest BCUT2D eigenvalue weighted by molar-refractivity contribution is 5.99. The smallest absolute Gasteiger partial charge is 0.246 e. The van der Waals surface area contributed by atoms with Gasteiger partial charge in [-0.05, 0) is 108 Å². The van der Waals surface area contributed by atoms with E-state index in [-0.39, 0.29) is 37.1 Å². The fourth-order valence-corrected chi connectivity index (χ4v) is 10.4. The van der Waals surface area contributed by atoms with Crippen molar-refractivity contribution in [3.05, 3.63) is 12.2 Å². The summed E-state index contributed by atoms with van der Waals surface area (Å²) >= 11 is 0. The van der Waals surface area contributed by atoms with Gasteiger partial charge in [0.05, 0.1) is 6.10 Å². The monoisotopic (exact) mass is 1220 g/mol. The van der Waals surface area contributed by atoms with E-state index in [9.17, 15) is 57.8 Å². The zero-order valence-electron chi connectivity index (χ0n) is 57.1. The molecule has 0 aromatic carbocycles. The van der Waals surface area contributed by atoms with E-state index in [0.717, 1.165) is 16.2 Å².